The Bertz CT molecular complexity index is 1040. The summed E-state index contributed by atoms with van der Waals surface area (Å²) in [4.78, 5) is 23.7. The standard InChI is InChI=1S/C24H24FN3O3/c1-30-21-6-2-4-17(14-21)23-24(27-12-11-26-23)18-5-3-13-28(15-18)22(29)16-31-20-9-7-19(25)8-10-20/h2,4,6-12,14,18H,3,5,13,15-16H2,1H3/t18-/m0/s1. The molecule has 6 nitrogen and oxygen atoms in total. The smallest absolute Gasteiger partial charge is 0.260 e. The first-order chi connectivity index (χ1) is 15.1. The van der Waals surface area contributed by atoms with Crippen LogP contribution in [0.25, 0.3) is 11.3 Å². The van der Waals surface area contributed by atoms with Crippen LogP contribution in [0.2, 0.25) is 0 Å². The highest BCUT2D eigenvalue weighted by Crippen LogP contribution is 2.33. The van der Waals surface area contributed by atoms with E-state index >= 15 is 0 Å². The highest BCUT2D eigenvalue weighted by Gasteiger charge is 2.28. The number of halogens is 1. The average molecular weight is 421 g/mol. The van der Waals surface area contributed by atoms with Gasteiger partial charge in [0, 0.05) is 37.0 Å². The van der Waals surface area contributed by atoms with Crippen LogP contribution in [0.5, 0.6) is 11.5 Å². The first kappa shape index (κ1) is 20.8. The second-order valence-electron chi connectivity index (χ2n) is 7.44. The Morgan fingerprint density at radius 1 is 1.13 bits per heavy atom. The normalized spacial score (nSPS) is 16.1. The minimum atomic E-state index is -0.339. The molecule has 7 heteroatoms. The van der Waals surface area contributed by atoms with E-state index < -0.39 is 0 Å². The number of carbonyl (C=O) groups excluding carboxylic acids is 1. The van der Waals surface area contributed by atoms with Crippen LogP contribution in [0.15, 0.2) is 60.9 Å². The summed E-state index contributed by atoms with van der Waals surface area (Å²) in [6, 6.07) is 13.4. The SMILES string of the molecule is COc1cccc(-c2nccnc2[C@H]2CCCN(C(=O)COc3ccc(F)cc3)C2)c1. The Balaban J connectivity index is 1.47. The van der Waals surface area contributed by atoms with E-state index in [0.717, 1.165) is 35.5 Å². The van der Waals surface area contributed by atoms with Crippen molar-refractivity contribution in [2.75, 3.05) is 26.8 Å². The maximum Gasteiger partial charge on any atom is 0.260 e. The summed E-state index contributed by atoms with van der Waals surface area (Å²) in [6.07, 6.45) is 5.18. The van der Waals surface area contributed by atoms with Crippen molar-refractivity contribution in [3.63, 3.8) is 0 Å². The summed E-state index contributed by atoms with van der Waals surface area (Å²) in [5.74, 6) is 0.873. The maximum absolute atomic E-state index is 13.0. The number of hydrogen-bond acceptors (Lipinski definition) is 5. The molecule has 4 rings (SSSR count). The number of rotatable bonds is 6. The monoisotopic (exact) mass is 421 g/mol. The molecule has 1 amide bonds. The third kappa shape index (κ3) is 4.99. The summed E-state index contributed by atoms with van der Waals surface area (Å²) >= 11 is 0. The van der Waals surface area contributed by atoms with Crippen LogP contribution in [0.3, 0.4) is 0 Å². The lowest BCUT2D eigenvalue weighted by atomic mass is 9.91. The average Bonchev–Trinajstić information content (AvgIpc) is 2.83. The van der Waals surface area contributed by atoms with Crippen LogP contribution in [0.4, 0.5) is 4.39 Å². The molecule has 3 aromatic rings. The van der Waals surface area contributed by atoms with Gasteiger partial charge in [-0.05, 0) is 49.2 Å². The molecule has 0 bridgehead atoms. The molecule has 0 radical (unpaired) electrons. The van der Waals surface area contributed by atoms with Crippen LogP contribution in [-0.2, 0) is 4.79 Å². The largest absolute Gasteiger partial charge is 0.497 e. The van der Waals surface area contributed by atoms with E-state index in [1.165, 1.54) is 24.3 Å². The van der Waals surface area contributed by atoms with Gasteiger partial charge in [-0.1, -0.05) is 12.1 Å². The van der Waals surface area contributed by atoms with Gasteiger partial charge in [0.2, 0.25) is 0 Å². The number of benzene rings is 2. The number of likely N-dealkylation sites (tertiary alicyclic amines) is 1. The first-order valence-electron chi connectivity index (χ1n) is 10.3. The summed E-state index contributed by atoms with van der Waals surface area (Å²) in [7, 11) is 1.63. The highest BCUT2D eigenvalue weighted by atomic mass is 19.1. The molecule has 0 unspecified atom stereocenters. The molecule has 1 aliphatic heterocycles. The lowest BCUT2D eigenvalue weighted by Gasteiger charge is -2.33. The van der Waals surface area contributed by atoms with Crippen molar-refractivity contribution in [2.24, 2.45) is 0 Å². The number of hydrogen-bond donors (Lipinski definition) is 0. The van der Waals surface area contributed by atoms with Gasteiger partial charge < -0.3 is 14.4 Å². The fraction of sp³-hybridized carbons (Fsp3) is 0.292. The number of carbonyl (C=O) groups is 1. The van der Waals surface area contributed by atoms with Crippen molar-refractivity contribution in [1.29, 1.82) is 0 Å². The molecule has 31 heavy (non-hydrogen) atoms. The number of aromatic nitrogens is 2. The predicted molar refractivity (Wildman–Crippen MR) is 114 cm³/mol. The number of amides is 1. The number of nitrogens with zero attached hydrogens (tertiary/aromatic N) is 3. The van der Waals surface area contributed by atoms with Crippen LogP contribution < -0.4 is 9.47 Å². The molecule has 1 aliphatic rings. The molecular weight excluding hydrogens is 397 g/mol. The summed E-state index contributed by atoms with van der Waals surface area (Å²) < 4.78 is 23.9. The van der Waals surface area contributed by atoms with Crippen molar-refractivity contribution in [3.8, 4) is 22.8 Å². The number of piperidine rings is 1. The van der Waals surface area contributed by atoms with Crippen LogP contribution in [-0.4, -0.2) is 47.6 Å². The second-order valence-corrected chi connectivity index (χ2v) is 7.44. The van der Waals surface area contributed by atoms with E-state index in [9.17, 15) is 9.18 Å². The third-order valence-electron chi connectivity index (χ3n) is 5.41. The van der Waals surface area contributed by atoms with Gasteiger partial charge in [0.25, 0.3) is 5.91 Å². The second kappa shape index (κ2) is 9.55. The van der Waals surface area contributed by atoms with E-state index in [1.54, 1.807) is 19.5 Å². The van der Waals surface area contributed by atoms with Crippen molar-refractivity contribution in [1.82, 2.24) is 14.9 Å². The van der Waals surface area contributed by atoms with Gasteiger partial charge in [-0.15, -0.1) is 0 Å². The Labute approximate surface area is 180 Å². The lowest BCUT2D eigenvalue weighted by Crippen LogP contribution is -2.41. The number of ether oxygens (including phenoxy) is 2. The minimum absolute atomic E-state index is 0.0818. The predicted octanol–water partition coefficient (Wildman–Crippen LogP) is 4.08. The van der Waals surface area contributed by atoms with Crippen LogP contribution in [0.1, 0.15) is 24.5 Å². The van der Waals surface area contributed by atoms with Crippen molar-refractivity contribution < 1.29 is 18.7 Å². The fourth-order valence-corrected chi connectivity index (χ4v) is 3.83. The number of methoxy groups -OCH3 is 1. The molecule has 160 valence electrons. The maximum atomic E-state index is 13.0. The lowest BCUT2D eigenvalue weighted by molar-refractivity contribution is -0.134. The first-order valence-corrected chi connectivity index (χ1v) is 10.3. The molecule has 0 saturated carbocycles. The van der Waals surface area contributed by atoms with Gasteiger partial charge in [-0.2, -0.15) is 0 Å². The minimum Gasteiger partial charge on any atom is -0.497 e. The molecule has 2 aromatic carbocycles. The molecule has 1 fully saturated rings. The Morgan fingerprint density at radius 3 is 2.74 bits per heavy atom. The molecular formula is C24H24FN3O3. The van der Waals surface area contributed by atoms with Gasteiger partial charge in [-0.3, -0.25) is 14.8 Å². The highest BCUT2D eigenvalue weighted by molar-refractivity contribution is 5.78. The topological polar surface area (TPSA) is 64.6 Å². The zero-order valence-corrected chi connectivity index (χ0v) is 17.3. The molecule has 0 N–H and O–H groups in total. The molecule has 0 aliphatic carbocycles. The van der Waals surface area contributed by atoms with Crippen LogP contribution >= 0.6 is 0 Å². The fourth-order valence-electron chi connectivity index (χ4n) is 3.83. The van der Waals surface area contributed by atoms with Crippen molar-refractivity contribution >= 4 is 5.91 Å². The summed E-state index contributed by atoms with van der Waals surface area (Å²) in [6.45, 7) is 1.15. The molecule has 1 saturated heterocycles. The third-order valence-corrected chi connectivity index (χ3v) is 5.41. The summed E-state index contributed by atoms with van der Waals surface area (Å²) in [5.41, 5.74) is 2.63. The zero-order chi connectivity index (χ0) is 21.6. The van der Waals surface area contributed by atoms with Gasteiger partial charge >= 0.3 is 0 Å². The van der Waals surface area contributed by atoms with Crippen molar-refractivity contribution in [2.45, 2.75) is 18.8 Å². The van der Waals surface area contributed by atoms with Gasteiger partial charge in [0.1, 0.15) is 17.3 Å². The quantitative estimate of drug-likeness (QED) is 0.600. The molecule has 1 atom stereocenters. The Morgan fingerprint density at radius 2 is 1.94 bits per heavy atom. The summed E-state index contributed by atoms with van der Waals surface area (Å²) in [5, 5.41) is 0. The molecule has 2 heterocycles. The van der Waals surface area contributed by atoms with Crippen LogP contribution in [0, 0.1) is 5.82 Å². The Hall–Kier alpha value is -3.48. The van der Waals surface area contributed by atoms with Gasteiger partial charge in [0.15, 0.2) is 6.61 Å². The van der Waals surface area contributed by atoms with E-state index in [1.807, 2.05) is 29.2 Å². The molecule has 0 spiro atoms. The molecule has 1 aromatic heterocycles. The van der Waals surface area contributed by atoms with E-state index in [0.29, 0.717) is 18.8 Å². The van der Waals surface area contributed by atoms with E-state index in [-0.39, 0.29) is 24.2 Å². The van der Waals surface area contributed by atoms with E-state index in [4.69, 9.17) is 9.47 Å². The Kier molecular flexibility index (Phi) is 6.40. The van der Waals surface area contributed by atoms with Crippen molar-refractivity contribution in [3.05, 3.63) is 72.4 Å². The zero-order valence-electron chi connectivity index (χ0n) is 17.3. The van der Waals surface area contributed by atoms with E-state index in [2.05, 4.69) is 9.97 Å². The van der Waals surface area contributed by atoms with Gasteiger partial charge in [-0.25, -0.2) is 4.39 Å². The van der Waals surface area contributed by atoms with Gasteiger partial charge in [0.05, 0.1) is 18.5 Å².